The van der Waals surface area contributed by atoms with Crippen LogP contribution in [-0.4, -0.2) is 24.0 Å². The summed E-state index contributed by atoms with van der Waals surface area (Å²) >= 11 is 0. The average Bonchev–Trinajstić information content (AvgIpc) is 2.71. The summed E-state index contributed by atoms with van der Waals surface area (Å²) in [5.41, 5.74) is 1.96. The number of rotatable bonds is 9. The minimum Gasteiger partial charge on any atom is -0.493 e. The molecule has 2 aromatic carbocycles. The molecule has 0 aliphatic carbocycles. The van der Waals surface area contributed by atoms with E-state index in [1.807, 2.05) is 60.7 Å². The van der Waals surface area contributed by atoms with Crippen molar-refractivity contribution in [1.82, 2.24) is 4.98 Å². The van der Waals surface area contributed by atoms with Crippen molar-refractivity contribution in [1.29, 1.82) is 0 Å². The van der Waals surface area contributed by atoms with Crippen LogP contribution in [0.5, 0.6) is 5.75 Å². The molecule has 138 valence electrons. The Morgan fingerprint density at radius 2 is 1.67 bits per heavy atom. The SMILES string of the molecule is O=C(CCOc1ccccc1)Nc1ccc(NCCc2ccccc2)nc1. The molecule has 1 aromatic heterocycles. The first-order chi connectivity index (χ1) is 13.3. The lowest BCUT2D eigenvalue weighted by atomic mass is 10.1. The summed E-state index contributed by atoms with van der Waals surface area (Å²) in [6, 6.07) is 23.5. The summed E-state index contributed by atoms with van der Waals surface area (Å²) in [6.07, 6.45) is 2.87. The number of aromatic nitrogens is 1. The molecule has 2 N–H and O–H groups in total. The molecular formula is C22H23N3O2. The van der Waals surface area contributed by atoms with Gasteiger partial charge in [-0.2, -0.15) is 0 Å². The zero-order valence-corrected chi connectivity index (χ0v) is 15.1. The fourth-order valence-corrected chi connectivity index (χ4v) is 2.55. The second-order valence-electron chi connectivity index (χ2n) is 6.05. The predicted octanol–water partition coefficient (Wildman–Crippen LogP) is 4.14. The summed E-state index contributed by atoms with van der Waals surface area (Å²) in [7, 11) is 0. The van der Waals surface area contributed by atoms with Crippen molar-refractivity contribution in [2.45, 2.75) is 12.8 Å². The molecule has 0 aliphatic rings. The largest absolute Gasteiger partial charge is 0.493 e. The minimum absolute atomic E-state index is 0.0995. The van der Waals surface area contributed by atoms with Gasteiger partial charge in [0.05, 0.1) is 24.9 Å². The van der Waals surface area contributed by atoms with E-state index in [1.165, 1.54) is 5.56 Å². The number of para-hydroxylation sites is 1. The first-order valence-electron chi connectivity index (χ1n) is 9.01. The Balaban J connectivity index is 1.37. The monoisotopic (exact) mass is 361 g/mol. The Morgan fingerprint density at radius 3 is 2.37 bits per heavy atom. The summed E-state index contributed by atoms with van der Waals surface area (Å²) in [5.74, 6) is 1.45. The number of hydrogen-bond donors (Lipinski definition) is 2. The van der Waals surface area contributed by atoms with Crippen molar-refractivity contribution >= 4 is 17.4 Å². The van der Waals surface area contributed by atoms with E-state index in [0.29, 0.717) is 12.3 Å². The molecule has 27 heavy (non-hydrogen) atoms. The molecule has 0 saturated carbocycles. The maximum atomic E-state index is 12.0. The maximum Gasteiger partial charge on any atom is 0.227 e. The second kappa shape index (κ2) is 9.97. The molecule has 3 rings (SSSR count). The standard InChI is InChI=1S/C22H23N3O2/c26-22(14-16-27-20-9-5-2-6-10-20)25-19-11-12-21(24-17-19)23-15-13-18-7-3-1-4-8-18/h1-12,17H,13-16H2,(H,23,24)(H,25,26). The maximum absolute atomic E-state index is 12.0. The number of anilines is 2. The Bertz CT molecular complexity index is 821. The van der Waals surface area contributed by atoms with Gasteiger partial charge < -0.3 is 15.4 Å². The first-order valence-corrected chi connectivity index (χ1v) is 9.01. The summed E-state index contributed by atoms with van der Waals surface area (Å²) < 4.78 is 5.53. The van der Waals surface area contributed by atoms with Gasteiger partial charge in [-0.25, -0.2) is 4.98 Å². The molecule has 5 heteroatoms. The molecule has 0 spiro atoms. The van der Waals surface area contributed by atoms with Crippen LogP contribution in [0.1, 0.15) is 12.0 Å². The van der Waals surface area contributed by atoms with Gasteiger partial charge in [-0.1, -0.05) is 48.5 Å². The van der Waals surface area contributed by atoms with E-state index in [4.69, 9.17) is 4.74 Å². The number of nitrogens with one attached hydrogen (secondary N) is 2. The molecule has 3 aromatic rings. The fraction of sp³-hybridized carbons (Fsp3) is 0.182. The van der Waals surface area contributed by atoms with E-state index >= 15 is 0 Å². The van der Waals surface area contributed by atoms with Crippen LogP contribution in [0.15, 0.2) is 79.0 Å². The van der Waals surface area contributed by atoms with E-state index in [2.05, 4.69) is 27.8 Å². The summed E-state index contributed by atoms with van der Waals surface area (Å²) in [5, 5.41) is 6.11. The van der Waals surface area contributed by atoms with Crippen molar-refractivity contribution < 1.29 is 9.53 Å². The molecule has 0 radical (unpaired) electrons. The van der Waals surface area contributed by atoms with Gasteiger partial charge in [0.15, 0.2) is 0 Å². The third-order valence-corrected chi connectivity index (χ3v) is 3.95. The fourth-order valence-electron chi connectivity index (χ4n) is 2.55. The molecule has 0 aliphatic heterocycles. The number of benzene rings is 2. The zero-order valence-electron chi connectivity index (χ0n) is 15.1. The Hall–Kier alpha value is -3.34. The second-order valence-corrected chi connectivity index (χ2v) is 6.05. The Labute approximate surface area is 159 Å². The van der Waals surface area contributed by atoms with Gasteiger partial charge in [0.2, 0.25) is 5.91 Å². The third kappa shape index (κ3) is 6.47. The zero-order chi connectivity index (χ0) is 18.7. The lowest BCUT2D eigenvalue weighted by Crippen LogP contribution is -2.15. The predicted molar refractivity (Wildman–Crippen MR) is 108 cm³/mol. The van der Waals surface area contributed by atoms with Crippen LogP contribution < -0.4 is 15.4 Å². The van der Waals surface area contributed by atoms with Gasteiger partial charge in [0, 0.05) is 6.54 Å². The van der Waals surface area contributed by atoms with Crippen LogP contribution in [0.4, 0.5) is 11.5 Å². The number of nitrogens with zero attached hydrogens (tertiary/aromatic N) is 1. The highest BCUT2D eigenvalue weighted by molar-refractivity contribution is 5.90. The van der Waals surface area contributed by atoms with Crippen LogP contribution in [0.25, 0.3) is 0 Å². The Morgan fingerprint density at radius 1 is 0.926 bits per heavy atom. The van der Waals surface area contributed by atoms with E-state index < -0.39 is 0 Å². The van der Waals surface area contributed by atoms with Gasteiger partial charge in [0.1, 0.15) is 11.6 Å². The third-order valence-electron chi connectivity index (χ3n) is 3.95. The van der Waals surface area contributed by atoms with Crippen LogP contribution in [0.3, 0.4) is 0 Å². The smallest absolute Gasteiger partial charge is 0.227 e. The van der Waals surface area contributed by atoms with Crippen LogP contribution in [0, 0.1) is 0 Å². The van der Waals surface area contributed by atoms with Crippen molar-refractivity contribution in [2.24, 2.45) is 0 Å². The van der Waals surface area contributed by atoms with Crippen molar-refractivity contribution in [3.8, 4) is 5.75 Å². The number of amides is 1. The van der Waals surface area contributed by atoms with E-state index in [9.17, 15) is 4.79 Å². The van der Waals surface area contributed by atoms with Gasteiger partial charge in [-0.15, -0.1) is 0 Å². The quantitative estimate of drug-likeness (QED) is 0.601. The van der Waals surface area contributed by atoms with Crippen LogP contribution in [0.2, 0.25) is 0 Å². The van der Waals surface area contributed by atoms with Gasteiger partial charge in [-0.05, 0) is 36.2 Å². The molecular weight excluding hydrogens is 338 g/mol. The number of ether oxygens (including phenoxy) is 1. The van der Waals surface area contributed by atoms with Gasteiger partial charge in [-0.3, -0.25) is 4.79 Å². The molecule has 0 atom stereocenters. The molecule has 1 amide bonds. The molecule has 0 fully saturated rings. The van der Waals surface area contributed by atoms with E-state index in [1.54, 1.807) is 6.20 Å². The van der Waals surface area contributed by atoms with Crippen LogP contribution in [-0.2, 0) is 11.2 Å². The van der Waals surface area contributed by atoms with Crippen molar-refractivity contribution in [3.63, 3.8) is 0 Å². The molecule has 5 nitrogen and oxygen atoms in total. The summed E-state index contributed by atoms with van der Waals surface area (Å²) in [4.78, 5) is 16.3. The molecule has 0 saturated heterocycles. The highest BCUT2D eigenvalue weighted by Crippen LogP contribution is 2.11. The normalized spacial score (nSPS) is 10.2. The first kappa shape index (κ1) is 18.5. The van der Waals surface area contributed by atoms with Gasteiger partial charge in [0.25, 0.3) is 0 Å². The van der Waals surface area contributed by atoms with E-state index in [-0.39, 0.29) is 12.3 Å². The molecule has 1 heterocycles. The summed E-state index contributed by atoms with van der Waals surface area (Å²) in [6.45, 7) is 1.14. The highest BCUT2D eigenvalue weighted by atomic mass is 16.5. The van der Waals surface area contributed by atoms with Crippen molar-refractivity contribution in [2.75, 3.05) is 23.8 Å². The molecule has 0 bridgehead atoms. The topological polar surface area (TPSA) is 63.2 Å². The van der Waals surface area contributed by atoms with Crippen molar-refractivity contribution in [3.05, 3.63) is 84.6 Å². The Kier molecular flexibility index (Phi) is 6.81. The lowest BCUT2D eigenvalue weighted by molar-refractivity contribution is -0.116. The lowest BCUT2D eigenvalue weighted by Gasteiger charge is -2.09. The van der Waals surface area contributed by atoms with Gasteiger partial charge >= 0.3 is 0 Å². The number of carbonyl (C=O) groups excluding carboxylic acids is 1. The van der Waals surface area contributed by atoms with Crippen LogP contribution >= 0.6 is 0 Å². The highest BCUT2D eigenvalue weighted by Gasteiger charge is 2.04. The average molecular weight is 361 g/mol. The number of hydrogen-bond acceptors (Lipinski definition) is 4. The molecule has 0 unspecified atom stereocenters. The minimum atomic E-state index is -0.0995. The number of pyridine rings is 1. The number of carbonyl (C=O) groups is 1. The van der Waals surface area contributed by atoms with E-state index in [0.717, 1.165) is 24.5 Å².